The van der Waals surface area contributed by atoms with Crippen molar-refractivity contribution in [1.29, 1.82) is 0 Å². The minimum absolute atomic E-state index is 0.0664. The average Bonchev–Trinajstić information content (AvgIpc) is 2.85. The molecule has 2 fully saturated rings. The number of pyridine rings is 1. The van der Waals surface area contributed by atoms with Gasteiger partial charge in [0.05, 0.1) is 0 Å². The molecular weight excluding hydrogens is 348 g/mol. The Morgan fingerprint density at radius 1 is 1.23 bits per heavy atom. The summed E-state index contributed by atoms with van der Waals surface area (Å²) in [6.07, 6.45) is 8.66. The molecule has 2 aromatic heterocycles. The number of fused-ring (bicyclic) bond motifs is 1. The third kappa shape index (κ3) is 3.59. The predicted octanol–water partition coefficient (Wildman–Crippen LogP) is 5.35. The number of halogens is 1. The molecule has 2 aliphatic carbocycles. The quantitative estimate of drug-likeness (QED) is 0.733. The zero-order valence-electron chi connectivity index (χ0n) is 15.6. The zero-order valence-corrected chi connectivity index (χ0v) is 16.4. The number of nitrogens with zero attached hydrogens (tertiary/aromatic N) is 3. The molecule has 1 N–H and O–H groups in total. The van der Waals surface area contributed by atoms with Crippen molar-refractivity contribution in [2.75, 3.05) is 5.32 Å². The van der Waals surface area contributed by atoms with Crippen LogP contribution in [0.5, 0.6) is 0 Å². The molecule has 2 saturated carbocycles. The Morgan fingerprint density at radius 3 is 2.62 bits per heavy atom. The van der Waals surface area contributed by atoms with Crippen LogP contribution in [0.25, 0.3) is 11.2 Å². The lowest BCUT2D eigenvalue weighted by atomic mass is 9.72. The van der Waals surface area contributed by atoms with Gasteiger partial charge in [0.2, 0.25) is 11.9 Å². The molecule has 0 radical (unpaired) electrons. The van der Waals surface area contributed by atoms with Crippen LogP contribution >= 0.6 is 11.6 Å². The molecule has 0 unspecified atom stereocenters. The van der Waals surface area contributed by atoms with E-state index < -0.39 is 0 Å². The highest BCUT2D eigenvalue weighted by atomic mass is 35.5. The lowest BCUT2D eigenvalue weighted by Gasteiger charge is -2.34. The monoisotopic (exact) mass is 374 g/mol. The van der Waals surface area contributed by atoms with Crippen LogP contribution in [0.15, 0.2) is 12.1 Å². The molecule has 2 heterocycles. The van der Waals surface area contributed by atoms with Crippen LogP contribution in [-0.4, -0.2) is 20.4 Å². The number of amides is 1. The van der Waals surface area contributed by atoms with Crippen molar-refractivity contribution in [2.45, 2.75) is 71.3 Å². The number of anilines is 1. The first-order valence-corrected chi connectivity index (χ1v) is 10.1. The average molecular weight is 375 g/mol. The molecule has 0 aromatic carbocycles. The lowest BCUT2D eigenvalue weighted by molar-refractivity contribution is -0.117. The van der Waals surface area contributed by atoms with Gasteiger partial charge in [-0.1, -0.05) is 25.4 Å². The summed E-state index contributed by atoms with van der Waals surface area (Å²) >= 11 is 6.08. The molecule has 4 rings (SSSR count). The Bertz CT molecular complexity index is 815. The molecule has 2 aromatic rings. The third-order valence-electron chi connectivity index (χ3n) is 6.13. The minimum atomic E-state index is 0.0664. The van der Waals surface area contributed by atoms with Crippen LogP contribution in [0.1, 0.15) is 71.3 Å². The fraction of sp³-hybridized carbons (Fsp3) is 0.650. The van der Waals surface area contributed by atoms with Crippen molar-refractivity contribution in [1.82, 2.24) is 14.5 Å². The van der Waals surface area contributed by atoms with Crippen molar-refractivity contribution in [2.24, 2.45) is 11.3 Å². The number of aromatic nitrogens is 3. The maximum Gasteiger partial charge on any atom is 0.226 e. The molecule has 0 saturated heterocycles. The summed E-state index contributed by atoms with van der Waals surface area (Å²) in [7, 11) is 0. The predicted molar refractivity (Wildman–Crippen MR) is 104 cm³/mol. The summed E-state index contributed by atoms with van der Waals surface area (Å²) in [5, 5.41) is 3.53. The SMILES string of the molecule is CC1(C)CCC(CC(=O)Nc2nc3ccc(Cl)nc3n2C2CCC2)CC1. The Morgan fingerprint density at radius 2 is 1.96 bits per heavy atom. The van der Waals surface area contributed by atoms with Crippen LogP contribution in [0.4, 0.5) is 5.95 Å². The first kappa shape index (κ1) is 17.8. The highest BCUT2D eigenvalue weighted by molar-refractivity contribution is 6.29. The van der Waals surface area contributed by atoms with E-state index in [-0.39, 0.29) is 5.91 Å². The van der Waals surface area contributed by atoms with Crippen molar-refractivity contribution in [3.05, 3.63) is 17.3 Å². The molecule has 140 valence electrons. The van der Waals surface area contributed by atoms with Crippen molar-refractivity contribution in [3.8, 4) is 0 Å². The van der Waals surface area contributed by atoms with Gasteiger partial charge in [-0.05, 0) is 68.4 Å². The number of nitrogens with one attached hydrogen (secondary N) is 1. The second-order valence-electron chi connectivity index (χ2n) is 8.73. The number of hydrogen-bond acceptors (Lipinski definition) is 3. The van der Waals surface area contributed by atoms with Crippen LogP contribution in [-0.2, 0) is 4.79 Å². The molecule has 5 nitrogen and oxygen atoms in total. The molecule has 2 aliphatic rings. The molecule has 6 heteroatoms. The Balaban J connectivity index is 1.50. The van der Waals surface area contributed by atoms with Gasteiger partial charge < -0.3 is 0 Å². The molecule has 0 spiro atoms. The van der Waals surface area contributed by atoms with Crippen LogP contribution in [0, 0.1) is 11.3 Å². The number of carbonyl (C=O) groups is 1. The van der Waals surface area contributed by atoms with Crippen molar-refractivity contribution in [3.63, 3.8) is 0 Å². The van der Waals surface area contributed by atoms with E-state index >= 15 is 0 Å². The minimum Gasteiger partial charge on any atom is -0.296 e. The van der Waals surface area contributed by atoms with E-state index in [1.54, 1.807) is 6.07 Å². The first-order chi connectivity index (χ1) is 12.4. The van der Waals surface area contributed by atoms with Gasteiger partial charge in [0.15, 0.2) is 5.65 Å². The molecule has 0 atom stereocenters. The number of hydrogen-bond donors (Lipinski definition) is 1. The summed E-state index contributed by atoms with van der Waals surface area (Å²) in [4.78, 5) is 21.7. The fourth-order valence-electron chi connectivity index (χ4n) is 4.13. The van der Waals surface area contributed by atoms with E-state index in [2.05, 4.69) is 33.7 Å². The molecule has 0 bridgehead atoms. The molecule has 26 heavy (non-hydrogen) atoms. The van der Waals surface area contributed by atoms with Gasteiger partial charge in [0.25, 0.3) is 0 Å². The summed E-state index contributed by atoms with van der Waals surface area (Å²) in [6.45, 7) is 4.64. The van der Waals surface area contributed by atoms with Gasteiger partial charge >= 0.3 is 0 Å². The van der Waals surface area contributed by atoms with Crippen LogP contribution in [0.2, 0.25) is 5.15 Å². The zero-order chi connectivity index (χ0) is 18.3. The Hall–Kier alpha value is -1.62. The standard InChI is InChI=1S/C20H27ClN4O/c1-20(2)10-8-13(9-11-20)12-17(26)24-19-22-15-6-7-16(21)23-18(15)25(19)14-4-3-5-14/h6-7,13-14H,3-5,8-12H2,1-2H3,(H,22,24,26). The smallest absolute Gasteiger partial charge is 0.226 e. The van der Waals surface area contributed by atoms with Gasteiger partial charge in [-0.25, -0.2) is 9.97 Å². The van der Waals surface area contributed by atoms with E-state index in [1.165, 1.54) is 19.3 Å². The third-order valence-corrected chi connectivity index (χ3v) is 6.34. The number of carbonyl (C=O) groups excluding carboxylic acids is 1. The van der Waals surface area contributed by atoms with Crippen LogP contribution in [0.3, 0.4) is 0 Å². The van der Waals surface area contributed by atoms with E-state index in [1.807, 2.05) is 6.07 Å². The van der Waals surface area contributed by atoms with Gasteiger partial charge in [0, 0.05) is 12.5 Å². The van der Waals surface area contributed by atoms with Gasteiger partial charge in [0.1, 0.15) is 10.7 Å². The molecular formula is C20H27ClN4O. The lowest BCUT2D eigenvalue weighted by Crippen LogP contribution is -2.26. The largest absolute Gasteiger partial charge is 0.296 e. The number of rotatable bonds is 4. The van der Waals surface area contributed by atoms with E-state index in [0.29, 0.717) is 34.9 Å². The highest BCUT2D eigenvalue weighted by Gasteiger charge is 2.29. The first-order valence-electron chi connectivity index (χ1n) is 9.76. The van der Waals surface area contributed by atoms with Gasteiger partial charge in [-0.3, -0.25) is 14.7 Å². The Labute approximate surface area is 159 Å². The fourth-order valence-corrected chi connectivity index (χ4v) is 4.27. The maximum absolute atomic E-state index is 12.7. The van der Waals surface area contributed by atoms with Crippen LogP contribution < -0.4 is 5.32 Å². The highest BCUT2D eigenvalue weighted by Crippen LogP contribution is 2.40. The summed E-state index contributed by atoms with van der Waals surface area (Å²) < 4.78 is 2.08. The van der Waals surface area contributed by atoms with E-state index in [9.17, 15) is 4.79 Å². The van der Waals surface area contributed by atoms with Gasteiger partial charge in [-0.2, -0.15) is 0 Å². The topological polar surface area (TPSA) is 59.8 Å². The van der Waals surface area contributed by atoms with E-state index in [4.69, 9.17) is 11.6 Å². The maximum atomic E-state index is 12.7. The Kier molecular flexibility index (Phi) is 4.68. The number of imidazole rings is 1. The second-order valence-corrected chi connectivity index (χ2v) is 9.11. The summed E-state index contributed by atoms with van der Waals surface area (Å²) in [5.74, 6) is 1.18. The van der Waals surface area contributed by atoms with E-state index in [0.717, 1.165) is 36.8 Å². The molecule has 0 aliphatic heterocycles. The molecule has 1 amide bonds. The van der Waals surface area contributed by atoms with Crippen molar-refractivity contribution < 1.29 is 4.79 Å². The second kappa shape index (κ2) is 6.84. The summed E-state index contributed by atoms with van der Waals surface area (Å²) in [5.41, 5.74) is 1.99. The summed E-state index contributed by atoms with van der Waals surface area (Å²) in [6, 6.07) is 3.98. The van der Waals surface area contributed by atoms with Gasteiger partial charge in [-0.15, -0.1) is 0 Å². The van der Waals surface area contributed by atoms with Crippen molar-refractivity contribution >= 4 is 34.6 Å². The normalized spacial score (nSPS) is 20.9.